The molecule has 0 spiro atoms. The zero-order valence-corrected chi connectivity index (χ0v) is 10.5. The van der Waals surface area contributed by atoms with Gasteiger partial charge in [0.05, 0.1) is 10.7 Å². The van der Waals surface area contributed by atoms with Gasteiger partial charge in [-0.3, -0.25) is 0 Å². The summed E-state index contributed by atoms with van der Waals surface area (Å²) in [5, 5.41) is 6.95. The van der Waals surface area contributed by atoms with Crippen molar-refractivity contribution in [2.24, 2.45) is 0 Å². The Morgan fingerprint density at radius 2 is 2.50 bits per heavy atom. The molecule has 3 heteroatoms. The van der Waals surface area contributed by atoms with Crippen molar-refractivity contribution >= 4 is 11.3 Å². The van der Waals surface area contributed by atoms with Crippen LogP contribution in [-0.2, 0) is 6.54 Å². The number of hydrogen-bond donors (Lipinski definition) is 1. The van der Waals surface area contributed by atoms with E-state index in [4.69, 9.17) is 6.42 Å². The summed E-state index contributed by atoms with van der Waals surface area (Å²) in [6, 6.07) is 0.427. The molecule has 1 N–H and O–H groups in total. The molecule has 0 bridgehead atoms. The molecule has 1 aliphatic carbocycles. The molecule has 2 nitrogen and oxygen atoms in total. The normalized spacial score (nSPS) is 17.0. The molecule has 1 heterocycles. The van der Waals surface area contributed by atoms with E-state index in [1.165, 1.54) is 23.5 Å². The second-order valence-corrected chi connectivity index (χ2v) is 5.24. The van der Waals surface area contributed by atoms with Crippen LogP contribution < -0.4 is 5.32 Å². The molecule has 1 fully saturated rings. The molecule has 0 saturated heterocycles. The molecule has 2 rings (SSSR count). The Kier molecular flexibility index (Phi) is 3.98. The first-order chi connectivity index (χ1) is 7.83. The number of aromatic nitrogens is 1. The van der Waals surface area contributed by atoms with Gasteiger partial charge in [0.1, 0.15) is 0 Å². The first kappa shape index (κ1) is 11.6. The zero-order valence-electron chi connectivity index (χ0n) is 9.70. The maximum atomic E-state index is 5.32. The summed E-state index contributed by atoms with van der Waals surface area (Å²) >= 11 is 1.80. The van der Waals surface area contributed by atoms with Crippen molar-refractivity contribution in [3.05, 3.63) is 16.1 Å². The SMILES string of the molecule is C#CCC(CC)NCc1csc(C2CC2)n1. The molecule has 1 atom stereocenters. The van der Waals surface area contributed by atoms with Crippen LogP contribution >= 0.6 is 11.3 Å². The van der Waals surface area contributed by atoms with Crippen molar-refractivity contribution in [3.63, 3.8) is 0 Å². The lowest BCUT2D eigenvalue weighted by Crippen LogP contribution is -2.27. The standard InChI is InChI=1S/C13H18N2S/c1-3-5-11(4-2)14-8-12-9-16-13(15-12)10-6-7-10/h1,9-11,14H,4-8H2,2H3. The lowest BCUT2D eigenvalue weighted by atomic mass is 10.1. The van der Waals surface area contributed by atoms with Crippen LogP contribution in [0.1, 0.15) is 49.2 Å². The predicted molar refractivity (Wildman–Crippen MR) is 68.5 cm³/mol. The zero-order chi connectivity index (χ0) is 11.4. The molecule has 0 amide bonds. The lowest BCUT2D eigenvalue weighted by Gasteiger charge is -2.12. The predicted octanol–water partition coefficient (Wildman–Crippen LogP) is 2.91. The van der Waals surface area contributed by atoms with Gasteiger partial charge in [-0.05, 0) is 19.3 Å². The first-order valence-electron chi connectivity index (χ1n) is 5.94. The highest BCUT2D eigenvalue weighted by molar-refractivity contribution is 7.09. The van der Waals surface area contributed by atoms with E-state index in [1.807, 2.05) is 0 Å². The molecular weight excluding hydrogens is 216 g/mol. The van der Waals surface area contributed by atoms with Crippen molar-refractivity contribution < 1.29 is 0 Å². The van der Waals surface area contributed by atoms with E-state index in [0.717, 1.165) is 25.3 Å². The van der Waals surface area contributed by atoms with Gasteiger partial charge in [0, 0.05) is 30.3 Å². The Balaban J connectivity index is 1.81. The molecule has 0 aromatic carbocycles. The first-order valence-corrected chi connectivity index (χ1v) is 6.82. The fourth-order valence-electron chi connectivity index (χ4n) is 1.67. The van der Waals surface area contributed by atoms with Crippen LogP contribution in [0.25, 0.3) is 0 Å². The third-order valence-corrected chi connectivity index (χ3v) is 3.98. The average molecular weight is 234 g/mol. The Labute approximate surface area is 101 Å². The number of terminal acetylenes is 1. The van der Waals surface area contributed by atoms with Crippen molar-refractivity contribution in [3.8, 4) is 12.3 Å². The fraction of sp³-hybridized carbons (Fsp3) is 0.615. The molecular formula is C13H18N2S. The highest BCUT2D eigenvalue weighted by atomic mass is 32.1. The Bertz CT molecular complexity index is 374. The van der Waals surface area contributed by atoms with Crippen LogP contribution in [-0.4, -0.2) is 11.0 Å². The molecule has 0 aliphatic heterocycles. The molecule has 86 valence electrons. The van der Waals surface area contributed by atoms with Gasteiger partial charge in [0.25, 0.3) is 0 Å². The fourth-order valence-corrected chi connectivity index (χ4v) is 2.66. The largest absolute Gasteiger partial charge is 0.307 e. The van der Waals surface area contributed by atoms with E-state index < -0.39 is 0 Å². The lowest BCUT2D eigenvalue weighted by molar-refractivity contribution is 0.503. The maximum absolute atomic E-state index is 5.32. The van der Waals surface area contributed by atoms with E-state index in [0.29, 0.717) is 6.04 Å². The van der Waals surface area contributed by atoms with Crippen molar-refractivity contribution in [2.45, 2.75) is 51.1 Å². The smallest absolute Gasteiger partial charge is 0.0959 e. The number of nitrogens with zero attached hydrogens (tertiary/aromatic N) is 1. The number of rotatable bonds is 6. The summed E-state index contributed by atoms with van der Waals surface area (Å²) in [7, 11) is 0. The molecule has 1 aromatic heterocycles. The van der Waals surface area contributed by atoms with Gasteiger partial charge in [-0.1, -0.05) is 6.92 Å². The molecule has 16 heavy (non-hydrogen) atoms. The van der Waals surface area contributed by atoms with E-state index >= 15 is 0 Å². The summed E-state index contributed by atoms with van der Waals surface area (Å²) in [6.07, 6.45) is 9.85. The quantitative estimate of drug-likeness (QED) is 0.766. The molecule has 1 aliphatic rings. The van der Waals surface area contributed by atoms with Gasteiger partial charge < -0.3 is 5.32 Å². The summed E-state index contributed by atoms with van der Waals surface area (Å²) in [6.45, 7) is 3.01. The summed E-state index contributed by atoms with van der Waals surface area (Å²) in [5.74, 6) is 3.48. The van der Waals surface area contributed by atoms with E-state index in [-0.39, 0.29) is 0 Å². The molecule has 1 unspecified atom stereocenters. The minimum Gasteiger partial charge on any atom is -0.307 e. The highest BCUT2D eigenvalue weighted by Gasteiger charge is 2.26. The topological polar surface area (TPSA) is 24.9 Å². The Morgan fingerprint density at radius 3 is 3.12 bits per heavy atom. The van der Waals surface area contributed by atoms with Crippen LogP contribution in [0.4, 0.5) is 0 Å². The van der Waals surface area contributed by atoms with Crippen LogP contribution in [0.3, 0.4) is 0 Å². The van der Waals surface area contributed by atoms with Crippen LogP contribution in [0.2, 0.25) is 0 Å². The molecule has 0 radical (unpaired) electrons. The van der Waals surface area contributed by atoms with Gasteiger partial charge in [-0.2, -0.15) is 0 Å². The van der Waals surface area contributed by atoms with Crippen molar-refractivity contribution in [1.29, 1.82) is 0 Å². The number of thiazole rings is 1. The minimum atomic E-state index is 0.427. The maximum Gasteiger partial charge on any atom is 0.0959 e. The Hall–Kier alpha value is -0.850. The highest BCUT2D eigenvalue weighted by Crippen LogP contribution is 2.41. The second-order valence-electron chi connectivity index (χ2n) is 4.35. The number of nitrogens with one attached hydrogen (secondary N) is 1. The molecule has 1 saturated carbocycles. The Morgan fingerprint density at radius 1 is 1.69 bits per heavy atom. The monoisotopic (exact) mass is 234 g/mol. The van der Waals surface area contributed by atoms with E-state index in [1.54, 1.807) is 11.3 Å². The summed E-state index contributed by atoms with van der Waals surface area (Å²) < 4.78 is 0. The minimum absolute atomic E-state index is 0.427. The average Bonchev–Trinajstić information content (AvgIpc) is 3.04. The van der Waals surface area contributed by atoms with Gasteiger partial charge in [-0.15, -0.1) is 23.7 Å². The third-order valence-electron chi connectivity index (χ3n) is 2.93. The van der Waals surface area contributed by atoms with Crippen LogP contribution in [0.5, 0.6) is 0 Å². The van der Waals surface area contributed by atoms with Gasteiger partial charge in [0.2, 0.25) is 0 Å². The molecule has 1 aromatic rings. The van der Waals surface area contributed by atoms with E-state index in [9.17, 15) is 0 Å². The summed E-state index contributed by atoms with van der Waals surface area (Å²) in [4.78, 5) is 4.64. The van der Waals surface area contributed by atoms with Crippen LogP contribution in [0, 0.1) is 12.3 Å². The van der Waals surface area contributed by atoms with Crippen molar-refractivity contribution in [1.82, 2.24) is 10.3 Å². The van der Waals surface area contributed by atoms with Gasteiger partial charge >= 0.3 is 0 Å². The van der Waals surface area contributed by atoms with E-state index in [2.05, 4.69) is 28.5 Å². The van der Waals surface area contributed by atoms with Gasteiger partial charge in [-0.25, -0.2) is 4.98 Å². The van der Waals surface area contributed by atoms with Gasteiger partial charge in [0.15, 0.2) is 0 Å². The van der Waals surface area contributed by atoms with Crippen molar-refractivity contribution in [2.75, 3.05) is 0 Å². The number of hydrogen-bond acceptors (Lipinski definition) is 3. The second kappa shape index (κ2) is 5.47. The summed E-state index contributed by atoms with van der Waals surface area (Å²) in [5.41, 5.74) is 1.17. The third kappa shape index (κ3) is 3.07. The van der Waals surface area contributed by atoms with Crippen LogP contribution in [0.15, 0.2) is 5.38 Å².